The van der Waals surface area contributed by atoms with Crippen molar-refractivity contribution in [1.82, 2.24) is 0 Å². The molecule has 0 radical (unpaired) electrons. The van der Waals surface area contributed by atoms with Crippen LogP contribution in [0.1, 0.15) is 22.0 Å². The summed E-state index contributed by atoms with van der Waals surface area (Å²) in [5.74, 6) is 0. The lowest BCUT2D eigenvalue weighted by Gasteiger charge is -2.14. The van der Waals surface area contributed by atoms with Crippen LogP contribution in [0.3, 0.4) is 0 Å². The summed E-state index contributed by atoms with van der Waals surface area (Å²) in [7, 11) is 0. The summed E-state index contributed by atoms with van der Waals surface area (Å²) in [6.07, 6.45) is 0.899. The van der Waals surface area contributed by atoms with Gasteiger partial charge in [-0.15, -0.1) is 11.3 Å². The van der Waals surface area contributed by atoms with Gasteiger partial charge < -0.3 is 5.73 Å². The first-order valence-electron chi connectivity index (χ1n) is 5.32. The maximum absolute atomic E-state index is 6.29. The predicted molar refractivity (Wildman–Crippen MR) is 86.5 cm³/mol. The van der Waals surface area contributed by atoms with Crippen molar-refractivity contribution >= 4 is 49.9 Å². The Balaban J connectivity index is 2.20. The Kier molecular flexibility index (Phi) is 4.63. The van der Waals surface area contributed by atoms with Crippen molar-refractivity contribution in [3.63, 3.8) is 0 Å². The molecule has 0 aliphatic heterocycles. The van der Waals surface area contributed by atoms with Gasteiger partial charge >= 0.3 is 0 Å². The number of aryl methyl sites for hydroxylation is 1. The minimum absolute atomic E-state index is 0.0762. The number of benzene rings is 1. The molecule has 2 N–H and O–H groups in total. The van der Waals surface area contributed by atoms with Gasteiger partial charge in [-0.2, -0.15) is 0 Å². The third-order valence-corrected chi connectivity index (χ3v) is 5.79. The van der Waals surface area contributed by atoms with E-state index in [0.29, 0.717) is 0 Å². The molecule has 1 atom stereocenters. The quantitative estimate of drug-likeness (QED) is 0.716. The zero-order chi connectivity index (χ0) is 12.4. The minimum Gasteiger partial charge on any atom is -0.324 e. The van der Waals surface area contributed by atoms with E-state index in [4.69, 9.17) is 5.73 Å². The van der Waals surface area contributed by atoms with Gasteiger partial charge in [0.15, 0.2) is 0 Å². The summed E-state index contributed by atoms with van der Waals surface area (Å²) >= 11 is 7.62. The van der Waals surface area contributed by atoms with Crippen molar-refractivity contribution in [2.45, 2.75) is 19.4 Å². The molecular formula is C13H13BrINS. The van der Waals surface area contributed by atoms with E-state index in [1.165, 1.54) is 23.4 Å². The molecule has 0 bridgehead atoms. The smallest absolute Gasteiger partial charge is 0.0701 e. The van der Waals surface area contributed by atoms with Gasteiger partial charge in [-0.25, -0.2) is 0 Å². The van der Waals surface area contributed by atoms with Crippen LogP contribution >= 0.6 is 49.9 Å². The lowest BCUT2D eigenvalue weighted by molar-refractivity contribution is 0.725. The summed E-state index contributed by atoms with van der Waals surface area (Å²) in [6, 6.07) is 10.6. The second-order valence-electron chi connectivity index (χ2n) is 3.99. The van der Waals surface area contributed by atoms with Gasteiger partial charge in [0.25, 0.3) is 0 Å². The number of thiophene rings is 1. The molecule has 1 aromatic heterocycles. The maximum atomic E-state index is 6.29. The average molecular weight is 422 g/mol. The normalized spacial score (nSPS) is 12.7. The van der Waals surface area contributed by atoms with E-state index >= 15 is 0 Å². The predicted octanol–water partition coefficient (Wildman–Crippen LogP) is 4.67. The lowest BCUT2D eigenvalue weighted by Crippen LogP contribution is -2.14. The summed E-state index contributed by atoms with van der Waals surface area (Å²) in [5.41, 5.74) is 8.84. The molecule has 1 heterocycles. The van der Waals surface area contributed by atoms with E-state index in [-0.39, 0.29) is 6.04 Å². The van der Waals surface area contributed by atoms with Gasteiger partial charge in [-0.3, -0.25) is 0 Å². The number of rotatable bonds is 3. The first-order valence-corrected chi connectivity index (χ1v) is 8.01. The van der Waals surface area contributed by atoms with Crippen molar-refractivity contribution in [2.75, 3.05) is 0 Å². The Morgan fingerprint density at radius 1 is 1.35 bits per heavy atom. The van der Waals surface area contributed by atoms with E-state index < -0.39 is 0 Å². The molecule has 1 unspecified atom stereocenters. The molecule has 17 heavy (non-hydrogen) atoms. The SMILES string of the molecule is Cc1cccc(C(N)Cc2ccc(Br)s2)c1I. The highest BCUT2D eigenvalue weighted by molar-refractivity contribution is 14.1. The fourth-order valence-corrected chi connectivity index (χ4v) is 4.05. The number of hydrogen-bond acceptors (Lipinski definition) is 2. The minimum atomic E-state index is 0.0762. The van der Waals surface area contributed by atoms with E-state index in [9.17, 15) is 0 Å². The van der Waals surface area contributed by atoms with Crippen LogP contribution in [0.15, 0.2) is 34.1 Å². The standard InChI is InChI=1S/C13H13BrINS/c1-8-3-2-4-10(13(8)15)11(16)7-9-5-6-12(14)17-9/h2-6,11H,7,16H2,1H3. The Hall–Kier alpha value is 0.0900. The van der Waals surface area contributed by atoms with E-state index in [2.05, 4.69) is 75.8 Å². The molecule has 0 saturated heterocycles. The van der Waals surface area contributed by atoms with Crippen molar-refractivity contribution in [3.05, 3.63) is 53.7 Å². The van der Waals surface area contributed by atoms with Crippen molar-refractivity contribution in [1.29, 1.82) is 0 Å². The monoisotopic (exact) mass is 421 g/mol. The second kappa shape index (κ2) is 5.82. The van der Waals surface area contributed by atoms with Crippen LogP contribution < -0.4 is 5.73 Å². The van der Waals surface area contributed by atoms with Crippen LogP contribution in [0.2, 0.25) is 0 Å². The van der Waals surface area contributed by atoms with Crippen LogP contribution in [0.5, 0.6) is 0 Å². The third-order valence-electron chi connectivity index (χ3n) is 2.67. The highest BCUT2D eigenvalue weighted by Gasteiger charge is 2.12. The van der Waals surface area contributed by atoms with Crippen LogP contribution in [0, 0.1) is 10.5 Å². The van der Waals surface area contributed by atoms with Crippen molar-refractivity contribution in [3.8, 4) is 0 Å². The Morgan fingerprint density at radius 2 is 2.12 bits per heavy atom. The van der Waals surface area contributed by atoms with Crippen LogP contribution in [-0.4, -0.2) is 0 Å². The molecule has 0 fully saturated rings. The number of halogens is 2. The van der Waals surface area contributed by atoms with Crippen LogP contribution in [0.4, 0.5) is 0 Å². The molecule has 4 heteroatoms. The Bertz CT molecular complexity index is 524. The van der Waals surface area contributed by atoms with Gasteiger partial charge in [0.05, 0.1) is 3.79 Å². The molecule has 1 aromatic carbocycles. The number of hydrogen-bond donors (Lipinski definition) is 1. The van der Waals surface area contributed by atoms with Gasteiger partial charge in [-0.1, -0.05) is 18.2 Å². The summed E-state index contributed by atoms with van der Waals surface area (Å²) < 4.78 is 2.45. The zero-order valence-electron chi connectivity index (χ0n) is 9.41. The highest BCUT2D eigenvalue weighted by Crippen LogP contribution is 2.28. The molecule has 0 aliphatic rings. The van der Waals surface area contributed by atoms with Gasteiger partial charge in [0, 0.05) is 20.9 Å². The molecule has 0 amide bonds. The molecule has 0 spiro atoms. The fraction of sp³-hybridized carbons (Fsp3) is 0.231. The lowest BCUT2D eigenvalue weighted by atomic mass is 10.0. The third kappa shape index (κ3) is 3.30. The maximum Gasteiger partial charge on any atom is 0.0701 e. The van der Waals surface area contributed by atoms with Crippen LogP contribution in [0.25, 0.3) is 0 Å². The Morgan fingerprint density at radius 3 is 2.76 bits per heavy atom. The molecule has 2 rings (SSSR count). The van der Waals surface area contributed by atoms with E-state index in [0.717, 1.165) is 6.42 Å². The Labute approximate surface area is 128 Å². The van der Waals surface area contributed by atoms with Crippen molar-refractivity contribution < 1.29 is 0 Å². The summed E-state index contributed by atoms with van der Waals surface area (Å²) in [6.45, 7) is 2.12. The van der Waals surface area contributed by atoms with E-state index in [1.807, 2.05) is 0 Å². The molecular weight excluding hydrogens is 409 g/mol. The first kappa shape index (κ1) is 13.5. The summed E-state index contributed by atoms with van der Waals surface area (Å²) in [4.78, 5) is 1.32. The molecule has 0 aliphatic carbocycles. The number of nitrogens with two attached hydrogens (primary N) is 1. The van der Waals surface area contributed by atoms with E-state index in [1.54, 1.807) is 11.3 Å². The highest BCUT2D eigenvalue weighted by atomic mass is 127. The van der Waals surface area contributed by atoms with Gasteiger partial charge in [0.2, 0.25) is 0 Å². The second-order valence-corrected chi connectivity index (χ2v) is 7.62. The molecule has 0 saturated carbocycles. The largest absolute Gasteiger partial charge is 0.324 e. The van der Waals surface area contributed by atoms with Crippen molar-refractivity contribution in [2.24, 2.45) is 5.73 Å². The summed E-state index contributed by atoms with van der Waals surface area (Å²) in [5, 5.41) is 0. The molecule has 90 valence electrons. The van der Waals surface area contributed by atoms with Gasteiger partial charge in [-0.05, 0) is 68.7 Å². The molecule has 1 nitrogen and oxygen atoms in total. The fourth-order valence-electron chi connectivity index (χ4n) is 1.74. The first-order chi connectivity index (χ1) is 8.08. The van der Waals surface area contributed by atoms with Crippen LogP contribution in [-0.2, 0) is 6.42 Å². The van der Waals surface area contributed by atoms with Gasteiger partial charge in [0.1, 0.15) is 0 Å². The molecule has 2 aromatic rings. The zero-order valence-corrected chi connectivity index (χ0v) is 14.0. The topological polar surface area (TPSA) is 26.0 Å². The average Bonchev–Trinajstić information content (AvgIpc) is 2.68.